The Morgan fingerprint density at radius 1 is 1.10 bits per heavy atom. The van der Waals surface area contributed by atoms with Gasteiger partial charge in [0.15, 0.2) is 0 Å². The molecule has 7 heteroatoms. The van der Waals surface area contributed by atoms with E-state index in [1.54, 1.807) is 25.3 Å². The van der Waals surface area contributed by atoms with Crippen molar-refractivity contribution < 1.29 is 22.7 Å². The standard InChI is InChI=1S/C24H24F3NO2S/c1-17-15-19(7-10-22(17)30-2)20(16-23(29)28-11-13-31-14-12-28)6-3-18-4-8-21(9-5-18)24(25,26)27/h3-10,15-16H,11-14H2,1-2H3. The summed E-state index contributed by atoms with van der Waals surface area (Å²) in [6.45, 7) is 3.33. The summed E-state index contributed by atoms with van der Waals surface area (Å²) in [4.78, 5) is 14.6. The first kappa shape index (κ1) is 23.0. The zero-order valence-electron chi connectivity index (χ0n) is 17.4. The van der Waals surface area contributed by atoms with Gasteiger partial charge in [-0.25, -0.2) is 0 Å². The van der Waals surface area contributed by atoms with Gasteiger partial charge in [-0.3, -0.25) is 4.79 Å². The molecule has 3 nitrogen and oxygen atoms in total. The number of thioether (sulfide) groups is 1. The predicted molar refractivity (Wildman–Crippen MR) is 120 cm³/mol. The normalized spacial score (nSPS) is 15.4. The van der Waals surface area contributed by atoms with Crippen LogP contribution >= 0.6 is 11.8 Å². The lowest BCUT2D eigenvalue weighted by Crippen LogP contribution is -2.36. The number of carbonyl (C=O) groups is 1. The molecule has 3 rings (SSSR count). The number of nitrogens with zero attached hydrogens (tertiary/aromatic N) is 1. The average Bonchev–Trinajstić information content (AvgIpc) is 2.76. The molecule has 1 fully saturated rings. The van der Waals surface area contributed by atoms with Gasteiger partial charge in [0.05, 0.1) is 12.7 Å². The summed E-state index contributed by atoms with van der Waals surface area (Å²) in [6, 6.07) is 10.6. The summed E-state index contributed by atoms with van der Waals surface area (Å²) in [5.74, 6) is 2.51. The van der Waals surface area contributed by atoms with Crippen LogP contribution in [0, 0.1) is 6.92 Å². The van der Waals surface area contributed by atoms with E-state index >= 15 is 0 Å². The smallest absolute Gasteiger partial charge is 0.416 e. The van der Waals surface area contributed by atoms with E-state index in [-0.39, 0.29) is 5.91 Å². The van der Waals surface area contributed by atoms with Gasteiger partial charge in [0.1, 0.15) is 5.75 Å². The van der Waals surface area contributed by atoms with Crippen molar-refractivity contribution in [3.05, 3.63) is 76.9 Å². The minimum absolute atomic E-state index is 0.0687. The van der Waals surface area contributed by atoms with Crippen LogP contribution in [-0.2, 0) is 11.0 Å². The van der Waals surface area contributed by atoms with E-state index in [1.807, 2.05) is 41.8 Å². The van der Waals surface area contributed by atoms with E-state index < -0.39 is 11.7 Å². The molecule has 1 aliphatic rings. The van der Waals surface area contributed by atoms with Crippen LogP contribution in [0.3, 0.4) is 0 Å². The Hall–Kier alpha value is -2.67. The number of amides is 1. The topological polar surface area (TPSA) is 29.5 Å². The molecule has 0 radical (unpaired) electrons. The molecular formula is C24H24F3NO2S. The van der Waals surface area contributed by atoms with Crippen molar-refractivity contribution >= 4 is 29.3 Å². The molecule has 0 atom stereocenters. The monoisotopic (exact) mass is 447 g/mol. The minimum atomic E-state index is -4.37. The van der Waals surface area contributed by atoms with Crippen molar-refractivity contribution in [2.45, 2.75) is 13.1 Å². The van der Waals surface area contributed by atoms with E-state index in [4.69, 9.17) is 4.74 Å². The van der Waals surface area contributed by atoms with Gasteiger partial charge in [0.2, 0.25) is 5.91 Å². The highest BCUT2D eigenvalue weighted by Crippen LogP contribution is 2.30. The highest BCUT2D eigenvalue weighted by Gasteiger charge is 2.29. The van der Waals surface area contributed by atoms with Crippen molar-refractivity contribution in [2.75, 3.05) is 31.7 Å². The molecule has 0 spiro atoms. The van der Waals surface area contributed by atoms with E-state index in [0.717, 1.165) is 40.5 Å². The summed E-state index contributed by atoms with van der Waals surface area (Å²) >= 11 is 1.83. The first-order valence-electron chi connectivity index (χ1n) is 9.86. The van der Waals surface area contributed by atoms with Gasteiger partial charge in [-0.05, 0) is 53.5 Å². The van der Waals surface area contributed by atoms with Gasteiger partial charge in [0.25, 0.3) is 0 Å². The molecule has 164 valence electrons. The third-order valence-electron chi connectivity index (χ3n) is 5.02. The molecule has 0 aromatic heterocycles. The maximum Gasteiger partial charge on any atom is 0.416 e. The fourth-order valence-electron chi connectivity index (χ4n) is 3.26. The third-order valence-corrected chi connectivity index (χ3v) is 5.97. The number of rotatable bonds is 5. The molecule has 1 amide bonds. The van der Waals surface area contributed by atoms with Crippen molar-refractivity contribution in [3.8, 4) is 5.75 Å². The summed E-state index contributed by atoms with van der Waals surface area (Å²) < 4.78 is 43.7. The highest BCUT2D eigenvalue weighted by atomic mass is 32.2. The number of halogens is 3. The Balaban J connectivity index is 1.91. The molecular weight excluding hydrogens is 423 g/mol. The molecule has 0 bridgehead atoms. The number of ether oxygens (including phenoxy) is 1. The van der Waals surface area contributed by atoms with E-state index in [1.165, 1.54) is 12.1 Å². The Bertz CT molecular complexity index is 975. The molecule has 31 heavy (non-hydrogen) atoms. The summed E-state index contributed by atoms with van der Waals surface area (Å²) in [7, 11) is 1.60. The van der Waals surface area contributed by atoms with Crippen LogP contribution < -0.4 is 4.74 Å². The molecule has 0 unspecified atom stereocenters. The Kier molecular flexibility index (Phi) is 7.49. The number of hydrogen-bond acceptors (Lipinski definition) is 3. The van der Waals surface area contributed by atoms with E-state index in [0.29, 0.717) is 24.2 Å². The summed E-state index contributed by atoms with van der Waals surface area (Å²) in [5, 5.41) is 0. The lowest BCUT2D eigenvalue weighted by molar-refractivity contribution is -0.137. The first-order valence-corrected chi connectivity index (χ1v) is 11.0. The van der Waals surface area contributed by atoms with Crippen LogP contribution in [0.1, 0.15) is 22.3 Å². The van der Waals surface area contributed by atoms with Gasteiger partial charge >= 0.3 is 6.18 Å². The van der Waals surface area contributed by atoms with Gasteiger partial charge in [-0.1, -0.05) is 30.4 Å². The second kappa shape index (κ2) is 10.1. The van der Waals surface area contributed by atoms with Crippen LogP contribution in [0.2, 0.25) is 0 Å². The number of hydrogen-bond donors (Lipinski definition) is 0. The Morgan fingerprint density at radius 3 is 2.35 bits per heavy atom. The molecule has 2 aromatic rings. The molecule has 1 heterocycles. The molecule has 0 aliphatic carbocycles. The van der Waals surface area contributed by atoms with Crippen LogP contribution in [0.25, 0.3) is 11.6 Å². The summed E-state index contributed by atoms with van der Waals surface area (Å²) in [6.07, 6.45) is 0.705. The zero-order valence-corrected chi connectivity index (χ0v) is 18.2. The summed E-state index contributed by atoms with van der Waals surface area (Å²) in [5.41, 5.74) is 2.38. The lowest BCUT2D eigenvalue weighted by atomic mass is 10.0. The minimum Gasteiger partial charge on any atom is -0.496 e. The molecule has 0 N–H and O–H groups in total. The Morgan fingerprint density at radius 2 is 1.77 bits per heavy atom. The van der Waals surface area contributed by atoms with E-state index in [9.17, 15) is 18.0 Å². The molecule has 1 aliphatic heterocycles. The van der Waals surface area contributed by atoms with Gasteiger partial charge in [0, 0.05) is 30.7 Å². The number of benzene rings is 2. The van der Waals surface area contributed by atoms with E-state index in [2.05, 4.69) is 0 Å². The van der Waals surface area contributed by atoms with Crippen LogP contribution in [0.4, 0.5) is 13.2 Å². The van der Waals surface area contributed by atoms with Gasteiger partial charge in [-0.2, -0.15) is 24.9 Å². The highest BCUT2D eigenvalue weighted by molar-refractivity contribution is 7.99. The molecule has 2 aromatic carbocycles. The molecule has 1 saturated heterocycles. The largest absolute Gasteiger partial charge is 0.496 e. The van der Waals surface area contributed by atoms with Crippen LogP contribution in [0.15, 0.2) is 54.6 Å². The number of methoxy groups -OCH3 is 1. The number of alkyl halides is 3. The van der Waals surface area contributed by atoms with Crippen molar-refractivity contribution in [1.29, 1.82) is 0 Å². The average molecular weight is 448 g/mol. The van der Waals surface area contributed by atoms with Crippen LogP contribution in [0.5, 0.6) is 5.75 Å². The first-order chi connectivity index (χ1) is 14.8. The molecule has 0 saturated carbocycles. The number of aryl methyl sites for hydroxylation is 1. The maximum absolute atomic E-state index is 12.8. The second-order valence-corrected chi connectivity index (χ2v) is 8.40. The van der Waals surface area contributed by atoms with Crippen molar-refractivity contribution in [3.63, 3.8) is 0 Å². The Labute approximate surface area is 184 Å². The lowest BCUT2D eigenvalue weighted by Gasteiger charge is -2.25. The fraction of sp³-hybridized carbons (Fsp3) is 0.292. The number of carbonyl (C=O) groups excluding carboxylic acids is 1. The zero-order chi connectivity index (χ0) is 22.4. The van der Waals surface area contributed by atoms with Crippen LogP contribution in [-0.4, -0.2) is 42.5 Å². The van der Waals surface area contributed by atoms with Crippen molar-refractivity contribution in [2.24, 2.45) is 0 Å². The second-order valence-electron chi connectivity index (χ2n) is 7.17. The SMILES string of the molecule is COc1ccc(C(C=Cc2ccc(C(F)(F)F)cc2)=CC(=O)N2CCSCC2)cc1C. The van der Waals surface area contributed by atoms with Crippen molar-refractivity contribution in [1.82, 2.24) is 4.90 Å². The quantitative estimate of drug-likeness (QED) is 0.435. The fourth-order valence-corrected chi connectivity index (χ4v) is 4.17. The van der Waals surface area contributed by atoms with Gasteiger partial charge in [-0.15, -0.1) is 0 Å². The third kappa shape index (κ3) is 6.17. The predicted octanol–water partition coefficient (Wildman–Crippen LogP) is 5.69. The van der Waals surface area contributed by atoms with Gasteiger partial charge < -0.3 is 9.64 Å². The number of allylic oxidation sites excluding steroid dienone is 2. The maximum atomic E-state index is 12.8.